The molecule has 0 atom stereocenters. The van der Waals surface area contributed by atoms with Gasteiger partial charge in [0.2, 0.25) is 5.91 Å². The number of nitrogens with zero attached hydrogens (tertiary/aromatic N) is 1. The van der Waals surface area contributed by atoms with Gasteiger partial charge in [-0.05, 0) is 29.3 Å². The van der Waals surface area contributed by atoms with Gasteiger partial charge in [0.1, 0.15) is 0 Å². The fraction of sp³-hybridized carbons (Fsp3) is 0.176. The Balaban J connectivity index is 1.79. The first-order chi connectivity index (χ1) is 10.1. The summed E-state index contributed by atoms with van der Waals surface area (Å²) in [5, 5.41) is 2.70. The number of carbonyl (C=O) groups excluding carboxylic acids is 2. The van der Waals surface area contributed by atoms with E-state index in [1.54, 1.807) is 24.3 Å². The predicted octanol–water partition coefficient (Wildman–Crippen LogP) is 2.80. The van der Waals surface area contributed by atoms with Gasteiger partial charge in [0, 0.05) is 31.3 Å². The first-order valence-corrected chi connectivity index (χ1v) is 6.87. The van der Waals surface area contributed by atoms with Gasteiger partial charge in [0.15, 0.2) is 0 Å². The van der Waals surface area contributed by atoms with Crippen LogP contribution in [-0.4, -0.2) is 16.7 Å². The molecule has 0 unspecified atom stereocenters. The zero-order valence-corrected chi connectivity index (χ0v) is 11.8. The Morgan fingerprint density at radius 3 is 2.29 bits per heavy atom. The maximum atomic E-state index is 12.6. The van der Waals surface area contributed by atoms with Crippen molar-refractivity contribution in [1.29, 1.82) is 0 Å². The van der Waals surface area contributed by atoms with Crippen molar-refractivity contribution in [3.8, 4) is 0 Å². The Morgan fingerprint density at radius 1 is 1.00 bits per heavy atom. The van der Waals surface area contributed by atoms with Crippen LogP contribution in [0.2, 0.25) is 0 Å². The molecule has 1 N–H and O–H groups in total. The summed E-state index contributed by atoms with van der Waals surface area (Å²) >= 11 is 0. The maximum Gasteiger partial charge on any atom is 0.254 e. The number of hydrogen-bond donors (Lipinski definition) is 1. The summed E-state index contributed by atoms with van der Waals surface area (Å²) in [7, 11) is 0. The minimum atomic E-state index is -0.145. The standard InChI is InChI=1S/C17H16N2O2/c1-12(20)18-16-8-4-7-13(9-16)17(21)19-10-14-5-2-3-6-15(14)11-19/h2-9H,10-11H2,1H3,(H,18,20). The van der Waals surface area contributed by atoms with E-state index in [1.807, 2.05) is 17.0 Å². The topological polar surface area (TPSA) is 49.4 Å². The summed E-state index contributed by atoms with van der Waals surface area (Å²) < 4.78 is 0. The van der Waals surface area contributed by atoms with E-state index in [0.29, 0.717) is 24.3 Å². The van der Waals surface area contributed by atoms with E-state index in [9.17, 15) is 9.59 Å². The number of nitrogens with one attached hydrogen (secondary N) is 1. The predicted molar refractivity (Wildman–Crippen MR) is 80.8 cm³/mol. The Labute approximate surface area is 123 Å². The molecular weight excluding hydrogens is 264 g/mol. The van der Waals surface area contributed by atoms with Crippen LogP contribution in [0, 0.1) is 0 Å². The molecule has 0 saturated heterocycles. The van der Waals surface area contributed by atoms with Gasteiger partial charge in [0.05, 0.1) is 0 Å². The molecule has 0 aromatic heterocycles. The Kier molecular flexibility index (Phi) is 3.44. The zero-order valence-electron chi connectivity index (χ0n) is 11.8. The number of benzene rings is 2. The van der Waals surface area contributed by atoms with E-state index in [1.165, 1.54) is 18.1 Å². The molecule has 0 radical (unpaired) electrons. The van der Waals surface area contributed by atoms with Crippen molar-refractivity contribution in [2.45, 2.75) is 20.0 Å². The van der Waals surface area contributed by atoms with Crippen LogP contribution < -0.4 is 5.32 Å². The number of hydrogen-bond acceptors (Lipinski definition) is 2. The van der Waals surface area contributed by atoms with E-state index in [0.717, 1.165) is 0 Å². The summed E-state index contributed by atoms with van der Waals surface area (Å²) in [5.74, 6) is -0.161. The van der Waals surface area contributed by atoms with Crippen LogP contribution in [0.5, 0.6) is 0 Å². The van der Waals surface area contributed by atoms with E-state index in [2.05, 4.69) is 17.4 Å². The van der Waals surface area contributed by atoms with Gasteiger partial charge in [-0.1, -0.05) is 30.3 Å². The first-order valence-electron chi connectivity index (χ1n) is 6.87. The van der Waals surface area contributed by atoms with E-state index in [-0.39, 0.29) is 11.8 Å². The molecule has 0 bridgehead atoms. The number of rotatable bonds is 2. The average molecular weight is 280 g/mol. The monoisotopic (exact) mass is 280 g/mol. The molecule has 0 saturated carbocycles. The molecule has 0 fully saturated rings. The van der Waals surface area contributed by atoms with Gasteiger partial charge in [-0.15, -0.1) is 0 Å². The first kappa shape index (κ1) is 13.4. The molecule has 0 aliphatic carbocycles. The SMILES string of the molecule is CC(=O)Nc1cccc(C(=O)N2Cc3ccccc3C2)c1. The van der Waals surface area contributed by atoms with Crippen LogP contribution in [0.1, 0.15) is 28.4 Å². The molecule has 1 heterocycles. The van der Waals surface area contributed by atoms with Crippen molar-refractivity contribution in [1.82, 2.24) is 4.90 Å². The van der Waals surface area contributed by atoms with Crippen LogP contribution in [0.25, 0.3) is 0 Å². The molecular formula is C17H16N2O2. The molecule has 4 nitrogen and oxygen atoms in total. The van der Waals surface area contributed by atoms with Crippen LogP contribution in [-0.2, 0) is 17.9 Å². The average Bonchev–Trinajstić information content (AvgIpc) is 2.90. The minimum Gasteiger partial charge on any atom is -0.330 e. The maximum absolute atomic E-state index is 12.6. The third kappa shape index (κ3) is 2.79. The van der Waals surface area contributed by atoms with Crippen LogP contribution in [0.3, 0.4) is 0 Å². The lowest BCUT2D eigenvalue weighted by atomic mass is 10.1. The van der Waals surface area contributed by atoms with Gasteiger partial charge in [-0.25, -0.2) is 0 Å². The fourth-order valence-electron chi connectivity index (χ4n) is 2.59. The lowest BCUT2D eigenvalue weighted by Crippen LogP contribution is -2.25. The number of fused-ring (bicyclic) bond motifs is 1. The molecule has 2 amide bonds. The second-order valence-corrected chi connectivity index (χ2v) is 5.19. The Morgan fingerprint density at radius 2 is 1.67 bits per heavy atom. The van der Waals surface area contributed by atoms with Crippen molar-refractivity contribution in [3.63, 3.8) is 0 Å². The Bertz CT molecular complexity index is 684. The highest BCUT2D eigenvalue weighted by Crippen LogP contribution is 2.24. The summed E-state index contributed by atoms with van der Waals surface area (Å²) in [5.41, 5.74) is 3.63. The summed E-state index contributed by atoms with van der Waals surface area (Å²) in [6.45, 7) is 2.73. The van der Waals surface area contributed by atoms with Crippen LogP contribution in [0.4, 0.5) is 5.69 Å². The summed E-state index contributed by atoms with van der Waals surface area (Å²) in [6, 6.07) is 15.1. The minimum absolute atomic E-state index is 0.0154. The largest absolute Gasteiger partial charge is 0.330 e. The quantitative estimate of drug-likeness (QED) is 0.919. The fourth-order valence-corrected chi connectivity index (χ4v) is 2.59. The van der Waals surface area contributed by atoms with Gasteiger partial charge in [-0.3, -0.25) is 9.59 Å². The third-order valence-electron chi connectivity index (χ3n) is 3.56. The normalized spacial score (nSPS) is 12.9. The third-order valence-corrected chi connectivity index (χ3v) is 3.56. The molecule has 106 valence electrons. The van der Waals surface area contributed by atoms with Crippen LogP contribution >= 0.6 is 0 Å². The molecule has 1 aliphatic rings. The van der Waals surface area contributed by atoms with E-state index < -0.39 is 0 Å². The highest BCUT2D eigenvalue weighted by molar-refractivity contribution is 5.97. The second-order valence-electron chi connectivity index (χ2n) is 5.19. The lowest BCUT2D eigenvalue weighted by Gasteiger charge is -2.16. The molecule has 0 spiro atoms. The summed E-state index contributed by atoms with van der Waals surface area (Å²) in [6.07, 6.45) is 0. The van der Waals surface area contributed by atoms with Gasteiger partial charge < -0.3 is 10.2 Å². The molecule has 1 aliphatic heterocycles. The zero-order chi connectivity index (χ0) is 14.8. The number of amides is 2. The summed E-state index contributed by atoms with van der Waals surface area (Å²) in [4.78, 5) is 25.5. The Hall–Kier alpha value is -2.62. The molecule has 4 heteroatoms. The van der Waals surface area contributed by atoms with E-state index >= 15 is 0 Å². The molecule has 2 aromatic rings. The van der Waals surface area contributed by atoms with Gasteiger partial charge in [-0.2, -0.15) is 0 Å². The van der Waals surface area contributed by atoms with E-state index in [4.69, 9.17) is 0 Å². The smallest absolute Gasteiger partial charge is 0.254 e. The number of anilines is 1. The van der Waals surface area contributed by atoms with Gasteiger partial charge in [0.25, 0.3) is 5.91 Å². The molecule has 2 aromatic carbocycles. The van der Waals surface area contributed by atoms with Crippen molar-refractivity contribution in [3.05, 3.63) is 65.2 Å². The van der Waals surface area contributed by atoms with Crippen molar-refractivity contribution in [2.75, 3.05) is 5.32 Å². The lowest BCUT2D eigenvalue weighted by molar-refractivity contribution is -0.114. The van der Waals surface area contributed by atoms with Crippen molar-refractivity contribution in [2.24, 2.45) is 0 Å². The highest BCUT2D eigenvalue weighted by atomic mass is 16.2. The van der Waals surface area contributed by atoms with Gasteiger partial charge >= 0.3 is 0 Å². The highest BCUT2D eigenvalue weighted by Gasteiger charge is 2.23. The van der Waals surface area contributed by atoms with Crippen molar-refractivity contribution >= 4 is 17.5 Å². The number of carbonyl (C=O) groups is 2. The van der Waals surface area contributed by atoms with Crippen molar-refractivity contribution < 1.29 is 9.59 Å². The molecule has 21 heavy (non-hydrogen) atoms. The van der Waals surface area contributed by atoms with Crippen LogP contribution in [0.15, 0.2) is 48.5 Å². The second kappa shape index (κ2) is 5.40. The molecule has 3 rings (SSSR count).